The van der Waals surface area contributed by atoms with E-state index in [1.54, 1.807) is 0 Å². The number of benzene rings is 1. The first-order valence-corrected chi connectivity index (χ1v) is 4.00. The van der Waals surface area contributed by atoms with Crippen LogP contribution in [0, 0.1) is 0 Å². The Labute approximate surface area is 70.5 Å². The summed E-state index contributed by atoms with van der Waals surface area (Å²) in [4.78, 5) is 0. The first-order chi connectivity index (χ1) is 4.72. The van der Waals surface area contributed by atoms with E-state index in [1.807, 2.05) is 6.07 Å². The minimum atomic E-state index is 0.591. The van der Waals surface area contributed by atoms with Crippen LogP contribution in [0.5, 0.6) is 0 Å². The molecular formula is C9H11Fe+. The van der Waals surface area contributed by atoms with Crippen molar-refractivity contribution < 1.29 is 16.0 Å². The van der Waals surface area contributed by atoms with Gasteiger partial charge >= 0.3 is 70.1 Å². The van der Waals surface area contributed by atoms with Crippen molar-refractivity contribution in [2.45, 2.75) is 19.8 Å². The Hall–Kier alpha value is -0.261. The van der Waals surface area contributed by atoms with Gasteiger partial charge in [0.05, 0.1) is 0 Å². The van der Waals surface area contributed by atoms with E-state index in [9.17, 15) is 0 Å². The topological polar surface area (TPSA) is 0 Å². The molecule has 0 aromatic heterocycles. The van der Waals surface area contributed by atoms with Gasteiger partial charge in [-0.25, -0.2) is 0 Å². The molecule has 0 aliphatic rings. The molecule has 0 unspecified atom stereocenters. The van der Waals surface area contributed by atoms with E-state index >= 15 is 0 Å². The van der Waals surface area contributed by atoms with Gasteiger partial charge in [-0.2, -0.15) is 0 Å². The van der Waals surface area contributed by atoms with Crippen molar-refractivity contribution in [1.29, 1.82) is 0 Å². The molecule has 0 nitrogen and oxygen atoms in total. The Morgan fingerprint density at radius 2 is 1.80 bits per heavy atom. The molecule has 0 radical (unpaired) electrons. The van der Waals surface area contributed by atoms with Crippen LogP contribution in [-0.2, 0) is 16.0 Å². The van der Waals surface area contributed by atoms with Gasteiger partial charge in [-0.05, 0) is 0 Å². The Balaban J connectivity index is 3.03. The monoisotopic (exact) mass is 175 g/mol. The molecule has 1 aromatic rings. The normalized spacial score (nSPS) is 10.4. The molecule has 1 heteroatoms. The SMILES string of the molecule is CC(C)c1cccc[c]1[Fe+]. The van der Waals surface area contributed by atoms with Crippen molar-refractivity contribution in [2.75, 3.05) is 0 Å². The summed E-state index contributed by atoms with van der Waals surface area (Å²) in [7, 11) is 0. The fraction of sp³-hybridized carbons (Fsp3) is 0.333. The molecule has 0 atom stereocenters. The van der Waals surface area contributed by atoms with Gasteiger partial charge in [0.2, 0.25) is 0 Å². The molecule has 0 saturated heterocycles. The second-order valence-corrected chi connectivity index (χ2v) is 3.26. The van der Waals surface area contributed by atoms with Crippen LogP contribution in [0.15, 0.2) is 24.3 Å². The molecule has 0 saturated carbocycles. The summed E-state index contributed by atoms with van der Waals surface area (Å²) in [5.74, 6) is 0.591. The summed E-state index contributed by atoms with van der Waals surface area (Å²) in [6.07, 6.45) is 0. The first-order valence-electron chi connectivity index (χ1n) is 3.45. The summed E-state index contributed by atoms with van der Waals surface area (Å²) >= 11 is 3.94. The fourth-order valence-electron chi connectivity index (χ4n) is 0.932. The molecule has 1 rings (SSSR count). The van der Waals surface area contributed by atoms with Gasteiger partial charge in [-0.1, -0.05) is 0 Å². The van der Waals surface area contributed by atoms with E-state index in [0.717, 1.165) is 4.46 Å². The second-order valence-electron chi connectivity index (χ2n) is 2.66. The van der Waals surface area contributed by atoms with Gasteiger partial charge in [0.15, 0.2) is 0 Å². The van der Waals surface area contributed by atoms with E-state index in [4.69, 9.17) is 0 Å². The summed E-state index contributed by atoms with van der Waals surface area (Å²) < 4.78 is 1.15. The first kappa shape index (κ1) is 7.84. The maximum atomic E-state index is 3.94. The van der Waals surface area contributed by atoms with Crippen LogP contribution in [0.25, 0.3) is 0 Å². The predicted octanol–water partition coefficient (Wildman–Crippen LogP) is 1.98. The van der Waals surface area contributed by atoms with Crippen molar-refractivity contribution in [3.63, 3.8) is 0 Å². The molecule has 54 valence electrons. The van der Waals surface area contributed by atoms with Crippen LogP contribution in [0.1, 0.15) is 25.3 Å². The molecule has 0 amide bonds. The van der Waals surface area contributed by atoms with Crippen LogP contribution >= 0.6 is 0 Å². The molecule has 10 heavy (non-hydrogen) atoms. The van der Waals surface area contributed by atoms with Crippen molar-refractivity contribution in [3.8, 4) is 0 Å². The maximum absolute atomic E-state index is 3.94. The predicted molar refractivity (Wildman–Crippen MR) is 40.2 cm³/mol. The van der Waals surface area contributed by atoms with Crippen LogP contribution in [0.2, 0.25) is 0 Å². The summed E-state index contributed by atoms with van der Waals surface area (Å²) in [5.41, 5.74) is 1.35. The molecule has 1 aromatic carbocycles. The van der Waals surface area contributed by atoms with Crippen molar-refractivity contribution >= 4 is 4.46 Å². The van der Waals surface area contributed by atoms with Crippen LogP contribution in [0.4, 0.5) is 0 Å². The minimum absolute atomic E-state index is 0.591. The van der Waals surface area contributed by atoms with Crippen molar-refractivity contribution in [1.82, 2.24) is 0 Å². The van der Waals surface area contributed by atoms with Gasteiger partial charge < -0.3 is 0 Å². The van der Waals surface area contributed by atoms with E-state index in [2.05, 4.69) is 48.1 Å². The van der Waals surface area contributed by atoms with Gasteiger partial charge in [0.25, 0.3) is 0 Å². The Bertz CT molecular complexity index is 216. The van der Waals surface area contributed by atoms with Crippen LogP contribution < -0.4 is 4.46 Å². The van der Waals surface area contributed by atoms with Gasteiger partial charge in [0, 0.05) is 0 Å². The second kappa shape index (κ2) is 3.23. The van der Waals surface area contributed by atoms with Gasteiger partial charge in [-0.3, -0.25) is 0 Å². The third-order valence-electron chi connectivity index (χ3n) is 1.52. The zero-order valence-corrected chi connectivity index (χ0v) is 7.34. The average molecular weight is 175 g/mol. The van der Waals surface area contributed by atoms with Gasteiger partial charge in [-0.15, -0.1) is 0 Å². The Morgan fingerprint density at radius 3 is 2.20 bits per heavy atom. The molecule has 0 spiro atoms. The van der Waals surface area contributed by atoms with Gasteiger partial charge in [0.1, 0.15) is 0 Å². The molecule has 0 fully saturated rings. The van der Waals surface area contributed by atoms with E-state index in [1.165, 1.54) is 5.56 Å². The molecule has 0 heterocycles. The van der Waals surface area contributed by atoms with Crippen LogP contribution in [0.3, 0.4) is 0 Å². The molecule has 0 aliphatic carbocycles. The quantitative estimate of drug-likeness (QED) is 0.572. The van der Waals surface area contributed by atoms with E-state index in [-0.39, 0.29) is 0 Å². The molecular weight excluding hydrogens is 164 g/mol. The van der Waals surface area contributed by atoms with E-state index in [0.29, 0.717) is 5.92 Å². The molecule has 0 aliphatic heterocycles. The number of rotatable bonds is 1. The number of hydrogen-bond donors (Lipinski definition) is 0. The molecule has 0 bridgehead atoms. The summed E-state index contributed by atoms with van der Waals surface area (Å²) in [5, 5.41) is 0. The third-order valence-corrected chi connectivity index (χ3v) is 2.02. The van der Waals surface area contributed by atoms with Crippen molar-refractivity contribution in [3.05, 3.63) is 29.8 Å². The third kappa shape index (κ3) is 1.62. The zero-order chi connectivity index (χ0) is 7.56. The van der Waals surface area contributed by atoms with Crippen molar-refractivity contribution in [2.24, 2.45) is 0 Å². The fourth-order valence-corrected chi connectivity index (χ4v) is 1.45. The van der Waals surface area contributed by atoms with Crippen LogP contribution in [-0.4, -0.2) is 0 Å². The standard InChI is InChI=1S/C9H11.Fe/c1-8(2)9-6-4-3-5-7-9;/h3-6,8H,1-2H3;/q;+1. The Kier molecular flexibility index (Phi) is 2.53. The molecule has 0 N–H and O–H groups in total. The zero-order valence-electron chi connectivity index (χ0n) is 6.24. The summed E-state index contributed by atoms with van der Waals surface area (Å²) in [6, 6.07) is 8.26. The number of hydrogen-bond acceptors (Lipinski definition) is 0. The summed E-state index contributed by atoms with van der Waals surface area (Å²) in [6.45, 7) is 4.37. The average Bonchev–Trinajstić information content (AvgIpc) is 1.88. The Morgan fingerprint density at radius 1 is 1.20 bits per heavy atom. The van der Waals surface area contributed by atoms with E-state index < -0.39 is 0 Å².